The molecule has 1 amide bonds. The highest BCUT2D eigenvalue weighted by atomic mass is 16.3. The molecule has 1 atom stereocenters. The van der Waals surface area contributed by atoms with Gasteiger partial charge in [-0.05, 0) is 69.8 Å². The first-order valence-electron chi connectivity index (χ1n) is 10.5. The van der Waals surface area contributed by atoms with Gasteiger partial charge in [-0.1, -0.05) is 18.2 Å². The van der Waals surface area contributed by atoms with Gasteiger partial charge in [0.15, 0.2) is 0 Å². The van der Waals surface area contributed by atoms with Crippen molar-refractivity contribution < 1.29 is 9.21 Å². The lowest BCUT2D eigenvalue weighted by Crippen LogP contribution is -2.39. The molecule has 0 spiro atoms. The fraction of sp³-hybridized carbons (Fsp3) is 0.522. The van der Waals surface area contributed by atoms with Crippen molar-refractivity contribution in [2.45, 2.75) is 45.2 Å². The molecule has 3 heterocycles. The Morgan fingerprint density at radius 3 is 2.79 bits per heavy atom. The summed E-state index contributed by atoms with van der Waals surface area (Å²) in [6.45, 7) is 5.63. The van der Waals surface area contributed by atoms with Gasteiger partial charge in [-0.25, -0.2) is 0 Å². The SMILES string of the molecule is CNCCC1CCN(C(=O)c2ccoc2CN2c3ccccc3CC2C)CC1. The van der Waals surface area contributed by atoms with Crippen LogP contribution < -0.4 is 10.2 Å². The molecule has 2 aliphatic rings. The molecule has 5 nitrogen and oxygen atoms in total. The number of nitrogens with zero attached hydrogens (tertiary/aromatic N) is 2. The highest BCUT2D eigenvalue weighted by Crippen LogP contribution is 2.34. The van der Waals surface area contributed by atoms with E-state index in [1.165, 1.54) is 17.7 Å². The molecule has 0 saturated carbocycles. The Labute approximate surface area is 167 Å². The average Bonchev–Trinajstić information content (AvgIpc) is 3.31. The van der Waals surface area contributed by atoms with E-state index in [1.54, 1.807) is 6.26 Å². The van der Waals surface area contributed by atoms with Gasteiger partial charge in [-0.3, -0.25) is 4.79 Å². The molecule has 1 aromatic heterocycles. The highest BCUT2D eigenvalue weighted by Gasteiger charge is 2.30. The maximum absolute atomic E-state index is 13.1. The molecule has 5 heteroatoms. The van der Waals surface area contributed by atoms with Crippen LogP contribution in [0.25, 0.3) is 0 Å². The molecule has 2 aromatic rings. The highest BCUT2D eigenvalue weighted by molar-refractivity contribution is 5.95. The monoisotopic (exact) mass is 381 g/mol. The third-order valence-electron chi connectivity index (χ3n) is 6.34. The first-order chi connectivity index (χ1) is 13.7. The zero-order valence-corrected chi connectivity index (χ0v) is 17.0. The number of para-hydroxylation sites is 1. The van der Waals surface area contributed by atoms with Crippen LogP contribution in [0.1, 0.15) is 47.9 Å². The first-order valence-corrected chi connectivity index (χ1v) is 10.5. The van der Waals surface area contributed by atoms with Crippen molar-refractivity contribution >= 4 is 11.6 Å². The summed E-state index contributed by atoms with van der Waals surface area (Å²) >= 11 is 0. The van der Waals surface area contributed by atoms with Crippen LogP contribution in [0.15, 0.2) is 41.0 Å². The van der Waals surface area contributed by atoms with Crippen molar-refractivity contribution in [3.63, 3.8) is 0 Å². The predicted molar refractivity (Wildman–Crippen MR) is 112 cm³/mol. The molecule has 1 N–H and O–H groups in total. The van der Waals surface area contributed by atoms with E-state index in [9.17, 15) is 4.79 Å². The van der Waals surface area contributed by atoms with Gasteiger partial charge in [0.25, 0.3) is 5.91 Å². The third kappa shape index (κ3) is 3.81. The van der Waals surface area contributed by atoms with Crippen LogP contribution in [-0.4, -0.2) is 43.5 Å². The summed E-state index contributed by atoms with van der Waals surface area (Å²) in [5.41, 5.74) is 3.36. The summed E-state index contributed by atoms with van der Waals surface area (Å²) in [7, 11) is 2.00. The molecular weight excluding hydrogens is 350 g/mol. The van der Waals surface area contributed by atoms with E-state index in [0.29, 0.717) is 12.6 Å². The Balaban J connectivity index is 1.43. The second kappa shape index (κ2) is 8.39. The van der Waals surface area contributed by atoms with Gasteiger partial charge in [0.1, 0.15) is 5.76 Å². The number of rotatable bonds is 6. The Morgan fingerprint density at radius 2 is 2.00 bits per heavy atom. The van der Waals surface area contributed by atoms with Crippen molar-refractivity contribution in [2.75, 3.05) is 31.6 Å². The van der Waals surface area contributed by atoms with Gasteiger partial charge in [0.2, 0.25) is 0 Å². The average molecular weight is 382 g/mol. The Bertz CT molecular complexity index is 808. The minimum absolute atomic E-state index is 0.121. The van der Waals surface area contributed by atoms with E-state index in [0.717, 1.165) is 56.1 Å². The molecule has 0 bridgehead atoms. The maximum atomic E-state index is 13.1. The number of benzene rings is 1. The molecule has 1 unspecified atom stereocenters. The summed E-state index contributed by atoms with van der Waals surface area (Å²) in [5.74, 6) is 1.63. The van der Waals surface area contributed by atoms with E-state index in [-0.39, 0.29) is 5.91 Å². The number of nitrogens with one attached hydrogen (secondary N) is 1. The van der Waals surface area contributed by atoms with Crippen LogP contribution in [0, 0.1) is 5.92 Å². The lowest BCUT2D eigenvalue weighted by atomic mass is 9.93. The number of hydrogen-bond acceptors (Lipinski definition) is 4. The van der Waals surface area contributed by atoms with Gasteiger partial charge < -0.3 is 19.5 Å². The smallest absolute Gasteiger partial charge is 0.257 e. The predicted octanol–water partition coefficient (Wildman–Crippen LogP) is 3.69. The number of carbonyl (C=O) groups excluding carboxylic acids is 1. The van der Waals surface area contributed by atoms with Crippen LogP contribution in [0.2, 0.25) is 0 Å². The Kier molecular flexibility index (Phi) is 5.72. The summed E-state index contributed by atoms with van der Waals surface area (Å²) in [5, 5.41) is 3.23. The van der Waals surface area contributed by atoms with Gasteiger partial charge in [-0.15, -0.1) is 0 Å². The quantitative estimate of drug-likeness (QED) is 0.829. The van der Waals surface area contributed by atoms with Crippen LogP contribution >= 0.6 is 0 Å². The molecule has 28 heavy (non-hydrogen) atoms. The molecule has 1 fully saturated rings. The standard InChI is InChI=1S/C23H31N3O2/c1-17-15-19-5-3-4-6-21(19)26(17)16-22-20(10-14-28-22)23(27)25-12-8-18(9-13-25)7-11-24-2/h3-6,10,14,17-18,24H,7-9,11-13,15-16H2,1-2H3. The van der Waals surface area contributed by atoms with Crippen LogP contribution in [0.4, 0.5) is 5.69 Å². The van der Waals surface area contributed by atoms with Crippen molar-refractivity contribution in [2.24, 2.45) is 5.92 Å². The molecule has 2 aliphatic heterocycles. The van der Waals surface area contributed by atoms with Crippen molar-refractivity contribution in [1.29, 1.82) is 0 Å². The summed E-state index contributed by atoms with van der Waals surface area (Å²) in [6.07, 6.45) is 6.09. The van der Waals surface area contributed by atoms with E-state index < -0.39 is 0 Å². The zero-order valence-electron chi connectivity index (χ0n) is 17.0. The summed E-state index contributed by atoms with van der Waals surface area (Å²) in [4.78, 5) is 17.5. The first kappa shape index (κ1) is 19.1. The Morgan fingerprint density at radius 1 is 1.21 bits per heavy atom. The number of hydrogen-bond donors (Lipinski definition) is 1. The molecule has 1 saturated heterocycles. The molecular formula is C23H31N3O2. The van der Waals surface area contributed by atoms with Gasteiger partial charge in [0, 0.05) is 24.8 Å². The molecule has 1 aromatic carbocycles. The number of fused-ring (bicyclic) bond motifs is 1. The van der Waals surface area contributed by atoms with Crippen molar-refractivity contribution in [3.8, 4) is 0 Å². The van der Waals surface area contributed by atoms with Gasteiger partial charge in [-0.2, -0.15) is 0 Å². The lowest BCUT2D eigenvalue weighted by molar-refractivity contribution is 0.0684. The number of piperidine rings is 1. The maximum Gasteiger partial charge on any atom is 0.257 e. The Hall–Kier alpha value is -2.27. The largest absolute Gasteiger partial charge is 0.467 e. The van der Waals surface area contributed by atoms with E-state index in [4.69, 9.17) is 4.42 Å². The third-order valence-corrected chi connectivity index (χ3v) is 6.34. The normalized spacial score (nSPS) is 19.9. The summed E-state index contributed by atoms with van der Waals surface area (Å²) < 4.78 is 5.78. The van der Waals surface area contributed by atoms with Gasteiger partial charge in [0.05, 0.1) is 18.4 Å². The fourth-order valence-electron chi connectivity index (χ4n) is 4.62. The zero-order chi connectivity index (χ0) is 19.5. The molecule has 0 radical (unpaired) electrons. The number of amides is 1. The van der Waals surface area contributed by atoms with Crippen LogP contribution in [-0.2, 0) is 13.0 Å². The second-order valence-electron chi connectivity index (χ2n) is 8.20. The number of furan rings is 1. The second-order valence-corrected chi connectivity index (χ2v) is 8.20. The van der Waals surface area contributed by atoms with E-state index in [2.05, 4.69) is 41.4 Å². The molecule has 150 valence electrons. The van der Waals surface area contributed by atoms with Crippen molar-refractivity contribution in [1.82, 2.24) is 10.2 Å². The summed E-state index contributed by atoms with van der Waals surface area (Å²) in [6, 6.07) is 10.8. The topological polar surface area (TPSA) is 48.7 Å². The molecule has 4 rings (SSSR count). The van der Waals surface area contributed by atoms with Crippen molar-refractivity contribution in [3.05, 3.63) is 53.5 Å². The van der Waals surface area contributed by atoms with E-state index >= 15 is 0 Å². The number of likely N-dealkylation sites (tertiary alicyclic amines) is 1. The van der Waals surface area contributed by atoms with Gasteiger partial charge >= 0.3 is 0 Å². The lowest BCUT2D eigenvalue weighted by Gasteiger charge is -2.32. The van der Waals surface area contributed by atoms with Crippen LogP contribution in [0.3, 0.4) is 0 Å². The van der Waals surface area contributed by atoms with Crippen LogP contribution in [0.5, 0.6) is 0 Å². The minimum atomic E-state index is 0.121. The minimum Gasteiger partial charge on any atom is -0.467 e. The van der Waals surface area contributed by atoms with E-state index in [1.807, 2.05) is 18.0 Å². The fourth-order valence-corrected chi connectivity index (χ4v) is 4.62. The number of carbonyl (C=O) groups is 1. The number of anilines is 1. The molecule has 0 aliphatic carbocycles.